The molecule has 2 aromatic rings. The summed E-state index contributed by atoms with van der Waals surface area (Å²) in [6.07, 6.45) is 1.87. The van der Waals surface area contributed by atoms with Crippen LogP contribution in [0.15, 0.2) is 30.5 Å². The van der Waals surface area contributed by atoms with Crippen molar-refractivity contribution in [1.82, 2.24) is 15.2 Å². The summed E-state index contributed by atoms with van der Waals surface area (Å²) in [6, 6.07) is 7.23. The molecule has 1 N–H and O–H groups in total. The number of carbonyl (C=O) groups is 2. The number of aromatic nitrogens is 1. The zero-order valence-electron chi connectivity index (χ0n) is 15.0. The third-order valence-corrected chi connectivity index (χ3v) is 4.46. The Balaban J connectivity index is 1.87. The van der Waals surface area contributed by atoms with Gasteiger partial charge in [0, 0.05) is 23.9 Å². The Morgan fingerprint density at radius 3 is 2.68 bits per heavy atom. The normalized spacial score (nSPS) is 17.8. The van der Waals surface area contributed by atoms with Crippen LogP contribution in [0.25, 0.3) is 10.9 Å². The summed E-state index contributed by atoms with van der Waals surface area (Å²) in [5.41, 5.74) is 0.930. The standard InChI is InChI=1S/C19H23N3O3/c1-19(2,3)22-11-12(9-16(22)23)21-18(24)17-13-7-5-6-8-14(13)20-10-15(17)25-4/h5-8,10,12H,9,11H2,1-4H3,(H,21,24). The second-order valence-corrected chi connectivity index (χ2v) is 7.27. The number of hydrogen-bond donors (Lipinski definition) is 1. The fourth-order valence-electron chi connectivity index (χ4n) is 3.22. The maximum Gasteiger partial charge on any atom is 0.256 e. The minimum absolute atomic E-state index is 0.0596. The van der Waals surface area contributed by atoms with Gasteiger partial charge in [-0.2, -0.15) is 0 Å². The smallest absolute Gasteiger partial charge is 0.256 e. The van der Waals surface area contributed by atoms with Crippen molar-refractivity contribution in [2.24, 2.45) is 0 Å². The van der Waals surface area contributed by atoms with E-state index in [1.54, 1.807) is 11.1 Å². The first-order valence-electron chi connectivity index (χ1n) is 8.34. The molecule has 2 amide bonds. The Morgan fingerprint density at radius 2 is 2.04 bits per heavy atom. The van der Waals surface area contributed by atoms with Crippen molar-refractivity contribution in [1.29, 1.82) is 0 Å². The zero-order chi connectivity index (χ0) is 18.2. The molecule has 132 valence electrons. The van der Waals surface area contributed by atoms with E-state index < -0.39 is 0 Å². The summed E-state index contributed by atoms with van der Waals surface area (Å²) in [6.45, 7) is 6.50. The van der Waals surface area contributed by atoms with Crippen LogP contribution in [-0.2, 0) is 4.79 Å². The third-order valence-electron chi connectivity index (χ3n) is 4.46. The number of nitrogens with one attached hydrogen (secondary N) is 1. The van der Waals surface area contributed by atoms with Crippen LogP contribution in [0, 0.1) is 0 Å². The number of amides is 2. The van der Waals surface area contributed by atoms with Gasteiger partial charge in [0.2, 0.25) is 5.91 Å². The lowest BCUT2D eigenvalue weighted by molar-refractivity contribution is -0.131. The molecule has 0 saturated carbocycles. The largest absolute Gasteiger partial charge is 0.494 e. The number of likely N-dealkylation sites (tertiary alicyclic amines) is 1. The van der Waals surface area contributed by atoms with Crippen molar-refractivity contribution < 1.29 is 14.3 Å². The van der Waals surface area contributed by atoms with Crippen LogP contribution in [0.4, 0.5) is 0 Å². The summed E-state index contributed by atoms with van der Waals surface area (Å²) in [7, 11) is 1.52. The van der Waals surface area contributed by atoms with Gasteiger partial charge in [0.05, 0.1) is 30.4 Å². The minimum Gasteiger partial charge on any atom is -0.494 e. The summed E-state index contributed by atoms with van der Waals surface area (Å²) in [4.78, 5) is 31.3. The number of carbonyl (C=O) groups excluding carboxylic acids is 2. The molecular formula is C19H23N3O3. The number of para-hydroxylation sites is 1. The van der Waals surface area contributed by atoms with Crippen LogP contribution in [-0.4, -0.2) is 46.9 Å². The minimum atomic E-state index is -0.252. The van der Waals surface area contributed by atoms with Crippen LogP contribution in [0.1, 0.15) is 37.6 Å². The zero-order valence-corrected chi connectivity index (χ0v) is 15.0. The van der Waals surface area contributed by atoms with Gasteiger partial charge in [-0.3, -0.25) is 14.6 Å². The van der Waals surface area contributed by atoms with E-state index in [1.165, 1.54) is 7.11 Å². The number of methoxy groups -OCH3 is 1. The molecule has 1 fully saturated rings. The Bertz CT molecular complexity index is 826. The predicted octanol–water partition coefficient (Wildman–Crippen LogP) is 2.37. The van der Waals surface area contributed by atoms with Gasteiger partial charge < -0.3 is 15.0 Å². The van der Waals surface area contributed by atoms with Gasteiger partial charge in [0.15, 0.2) is 5.75 Å². The number of fused-ring (bicyclic) bond motifs is 1. The molecule has 25 heavy (non-hydrogen) atoms. The predicted molar refractivity (Wildman–Crippen MR) is 95.6 cm³/mol. The van der Waals surface area contributed by atoms with Crippen molar-refractivity contribution in [3.8, 4) is 5.75 Å². The van der Waals surface area contributed by atoms with Gasteiger partial charge in [0.25, 0.3) is 5.91 Å². The van der Waals surface area contributed by atoms with Crippen molar-refractivity contribution in [3.05, 3.63) is 36.0 Å². The van der Waals surface area contributed by atoms with Crippen molar-refractivity contribution >= 4 is 22.7 Å². The molecule has 1 aliphatic heterocycles. The SMILES string of the molecule is COc1cnc2ccccc2c1C(=O)NC1CC(=O)N(C(C)(C)C)C1. The molecule has 1 atom stereocenters. The Hall–Kier alpha value is -2.63. The first-order valence-corrected chi connectivity index (χ1v) is 8.34. The van der Waals surface area contributed by atoms with E-state index in [1.807, 2.05) is 45.0 Å². The van der Waals surface area contributed by atoms with Crippen LogP contribution in [0.3, 0.4) is 0 Å². The summed E-state index contributed by atoms with van der Waals surface area (Å²) in [5.74, 6) is 0.238. The Morgan fingerprint density at radius 1 is 1.32 bits per heavy atom. The average Bonchev–Trinajstić information content (AvgIpc) is 2.94. The molecule has 0 bridgehead atoms. The molecule has 1 saturated heterocycles. The Kier molecular flexibility index (Phi) is 4.37. The van der Waals surface area contributed by atoms with E-state index in [0.29, 0.717) is 24.3 Å². The van der Waals surface area contributed by atoms with Gasteiger partial charge in [-0.15, -0.1) is 0 Å². The number of nitrogens with zero attached hydrogens (tertiary/aromatic N) is 2. The van der Waals surface area contributed by atoms with E-state index in [4.69, 9.17) is 4.74 Å². The first kappa shape index (κ1) is 17.2. The molecule has 2 heterocycles. The van der Waals surface area contributed by atoms with E-state index in [9.17, 15) is 9.59 Å². The molecule has 6 heteroatoms. The Labute approximate surface area is 147 Å². The monoisotopic (exact) mass is 341 g/mol. The second kappa shape index (κ2) is 6.35. The van der Waals surface area contributed by atoms with Gasteiger partial charge >= 0.3 is 0 Å². The molecule has 1 aliphatic rings. The third kappa shape index (κ3) is 3.29. The van der Waals surface area contributed by atoms with Gasteiger partial charge in [-0.05, 0) is 26.8 Å². The number of rotatable bonds is 3. The van der Waals surface area contributed by atoms with Gasteiger partial charge in [-0.25, -0.2) is 0 Å². The summed E-state index contributed by atoms with van der Waals surface area (Å²) < 4.78 is 5.33. The van der Waals surface area contributed by atoms with Crippen LogP contribution in [0.2, 0.25) is 0 Å². The first-order chi connectivity index (χ1) is 11.8. The maximum atomic E-state index is 12.9. The number of pyridine rings is 1. The fraction of sp³-hybridized carbons (Fsp3) is 0.421. The molecule has 1 aromatic heterocycles. The fourth-order valence-corrected chi connectivity index (χ4v) is 3.22. The number of hydrogen-bond acceptors (Lipinski definition) is 4. The van der Waals surface area contributed by atoms with Crippen molar-refractivity contribution in [3.63, 3.8) is 0 Å². The quantitative estimate of drug-likeness (QED) is 0.930. The van der Waals surface area contributed by atoms with Gasteiger partial charge in [0.1, 0.15) is 0 Å². The molecule has 3 rings (SSSR count). The highest BCUT2D eigenvalue weighted by atomic mass is 16.5. The van der Waals surface area contributed by atoms with E-state index in [0.717, 1.165) is 10.9 Å². The second-order valence-electron chi connectivity index (χ2n) is 7.27. The average molecular weight is 341 g/mol. The summed E-state index contributed by atoms with van der Waals surface area (Å²) in [5, 5.41) is 3.72. The van der Waals surface area contributed by atoms with Crippen LogP contribution >= 0.6 is 0 Å². The molecule has 1 unspecified atom stereocenters. The highest BCUT2D eigenvalue weighted by molar-refractivity contribution is 6.08. The molecule has 1 aromatic carbocycles. The lowest BCUT2D eigenvalue weighted by Gasteiger charge is -2.32. The highest BCUT2D eigenvalue weighted by Gasteiger charge is 2.37. The molecule has 0 radical (unpaired) electrons. The van der Waals surface area contributed by atoms with Crippen molar-refractivity contribution in [2.75, 3.05) is 13.7 Å². The maximum absolute atomic E-state index is 12.9. The molecule has 6 nitrogen and oxygen atoms in total. The van der Waals surface area contributed by atoms with E-state index in [-0.39, 0.29) is 23.4 Å². The van der Waals surface area contributed by atoms with Crippen molar-refractivity contribution in [2.45, 2.75) is 38.8 Å². The topological polar surface area (TPSA) is 71.5 Å². The van der Waals surface area contributed by atoms with Crippen LogP contribution in [0.5, 0.6) is 5.75 Å². The van der Waals surface area contributed by atoms with E-state index in [2.05, 4.69) is 10.3 Å². The lowest BCUT2D eigenvalue weighted by atomic mass is 10.1. The van der Waals surface area contributed by atoms with Gasteiger partial charge in [-0.1, -0.05) is 18.2 Å². The number of benzene rings is 1. The molecular weight excluding hydrogens is 318 g/mol. The summed E-state index contributed by atoms with van der Waals surface area (Å²) >= 11 is 0. The molecule has 0 aliphatic carbocycles. The molecule has 0 spiro atoms. The van der Waals surface area contributed by atoms with Crippen LogP contribution < -0.4 is 10.1 Å². The van der Waals surface area contributed by atoms with E-state index >= 15 is 0 Å². The lowest BCUT2D eigenvalue weighted by Crippen LogP contribution is -2.44. The number of ether oxygens (including phenoxy) is 1. The highest BCUT2D eigenvalue weighted by Crippen LogP contribution is 2.27.